The average molecular weight is 223 g/mol. The van der Waals surface area contributed by atoms with Gasteiger partial charge in [-0.1, -0.05) is 0 Å². The van der Waals surface area contributed by atoms with Crippen LogP contribution in [0.15, 0.2) is 18.2 Å². The zero-order chi connectivity index (χ0) is 11.5. The summed E-state index contributed by atoms with van der Waals surface area (Å²) < 4.78 is 18.0. The van der Waals surface area contributed by atoms with Crippen molar-refractivity contribution in [2.45, 2.75) is 13.0 Å². The van der Waals surface area contributed by atoms with Crippen LogP contribution in [0, 0.1) is 5.82 Å². The summed E-state index contributed by atoms with van der Waals surface area (Å²) in [5.74, 6) is 0.359. The fourth-order valence-corrected chi connectivity index (χ4v) is 1.39. The Morgan fingerprint density at radius 3 is 3.12 bits per heavy atom. The van der Waals surface area contributed by atoms with Gasteiger partial charge in [-0.15, -0.1) is 0 Å². The van der Waals surface area contributed by atoms with E-state index in [0.29, 0.717) is 18.0 Å². The maximum Gasteiger partial charge on any atom is 0.201 e. The lowest BCUT2D eigenvalue weighted by Gasteiger charge is -2.09. The second-order valence-corrected chi connectivity index (χ2v) is 3.67. The van der Waals surface area contributed by atoms with Gasteiger partial charge in [0.25, 0.3) is 0 Å². The third-order valence-corrected chi connectivity index (χ3v) is 2.40. The molecular weight excluding hydrogens is 209 g/mol. The smallest absolute Gasteiger partial charge is 0.201 e. The second-order valence-electron chi connectivity index (χ2n) is 3.67. The van der Waals surface area contributed by atoms with Crippen molar-refractivity contribution in [3.63, 3.8) is 0 Å². The van der Waals surface area contributed by atoms with E-state index in [2.05, 4.69) is 15.3 Å². The van der Waals surface area contributed by atoms with Crippen LogP contribution in [0.4, 0.5) is 10.3 Å². The molecule has 0 radical (unpaired) electrons. The normalized spacial score (nSPS) is 12.9. The van der Waals surface area contributed by atoms with E-state index in [-0.39, 0.29) is 11.9 Å². The van der Waals surface area contributed by atoms with Crippen molar-refractivity contribution in [1.82, 2.24) is 9.97 Å². The Hall–Kier alpha value is -1.62. The predicted molar refractivity (Wildman–Crippen MR) is 61.0 cm³/mol. The molecule has 4 nitrogen and oxygen atoms in total. The van der Waals surface area contributed by atoms with Gasteiger partial charge in [0.1, 0.15) is 5.82 Å². The van der Waals surface area contributed by atoms with E-state index >= 15 is 0 Å². The Kier molecular flexibility index (Phi) is 3.05. The van der Waals surface area contributed by atoms with Crippen LogP contribution in [0.25, 0.3) is 11.0 Å². The minimum absolute atomic E-state index is 0.102. The van der Waals surface area contributed by atoms with E-state index in [9.17, 15) is 4.39 Å². The van der Waals surface area contributed by atoms with Crippen molar-refractivity contribution in [2.24, 2.45) is 0 Å². The van der Waals surface area contributed by atoms with E-state index in [1.807, 2.05) is 6.92 Å². The number of nitrogens with one attached hydrogen (secondary N) is 2. The van der Waals surface area contributed by atoms with Crippen molar-refractivity contribution < 1.29 is 9.13 Å². The number of fused-ring (bicyclic) bond motifs is 1. The molecule has 16 heavy (non-hydrogen) atoms. The molecule has 2 aromatic rings. The number of rotatable bonds is 4. The first-order valence-corrected chi connectivity index (χ1v) is 5.11. The molecule has 2 rings (SSSR count). The standard InChI is InChI=1S/C11H14FN3O/c1-7(16-2)6-13-11-14-9-4-3-8(12)5-10(9)15-11/h3-5,7H,6H2,1-2H3,(H2,13,14,15). The topological polar surface area (TPSA) is 49.9 Å². The second kappa shape index (κ2) is 4.49. The highest BCUT2D eigenvalue weighted by molar-refractivity contribution is 5.77. The third-order valence-electron chi connectivity index (χ3n) is 2.40. The number of hydrogen-bond acceptors (Lipinski definition) is 3. The highest BCUT2D eigenvalue weighted by Crippen LogP contribution is 2.15. The lowest BCUT2D eigenvalue weighted by molar-refractivity contribution is 0.128. The first-order chi connectivity index (χ1) is 7.69. The summed E-state index contributed by atoms with van der Waals surface area (Å²) in [6.45, 7) is 2.61. The molecule has 0 bridgehead atoms. The molecule has 1 aromatic heterocycles. The number of imidazole rings is 1. The van der Waals surface area contributed by atoms with Gasteiger partial charge < -0.3 is 15.0 Å². The largest absolute Gasteiger partial charge is 0.380 e. The van der Waals surface area contributed by atoms with Crippen LogP contribution >= 0.6 is 0 Å². The molecule has 2 N–H and O–H groups in total. The Balaban J connectivity index is 2.13. The van der Waals surface area contributed by atoms with Gasteiger partial charge >= 0.3 is 0 Å². The number of halogens is 1. The Labute approximate surface area is 92.8 Å². The van der Waals surface area contributed by atoms with Crippen LogP contribution < -0.4 is 5.32 Å². The third kappa shape index (κ3) is 2.30. The highest BCUT2D eigenvalue weighted by atomic mass is 19.1. The minimum Gasteiger partial charge on any atom is -0.380 e. The van der Waals surface area contributed by atoms with Crippen LogP contribution in [-0.2, 0) is 4.74 Å². The lowest BCUT2D eigenvalue weighted by atomic mass is 10.3. The summed E-state index contributed by atoms with van der Waals surface area (Å²) in [5, 5.41) is 3.09. The van der Waals surface area contributed by atoms with Crippen LogP contribution in [0.5, 0.6) is 0 Å². The van der Waals surface area contributed by atoms with Crippen LogP contribution in [0.3, 0.4) is 0 Å². The molecule has 0 aliphatic rings. The van der Waals surface area contributed by atoms with E-state index in [1.54, 1.807) is 13.2 Å². The summed E-state index contributed by atoms with van der Waals surface area (Å²) in [6, 6.07) is 4.46. The molecule has 0 aliphatic carbocycles. The fraction of sp³-hybridized carbons (Fsp3) is 0.364. The molecule has 0 saturated heterocycles. The van der Waals surface area contributed by atoms with Gasteiger partial charge in [0.05, 0.1) is 17.1 Å². The zero-order valence-corrected chi connectivity index (χ0v) is 9.25. The van der Waals surface area contributed by atoms with Crippen molar-refractivity contribution in [3.05, 3.63) is 24.0 Å². The molecule has 1 heterocycles. The first-order valence-electron chi connectivity index (χ1n) is 5.11. The number of H-pyrrole nitrogens is 1. The SMILES string of the molecule is COC(C)CNc1nc2ccc(F)cc2[nH]1. The number of ether oxygens (including phenoxy) is 1. The molecule has 0 aliphatic heterocycles. The van der Waals surface area contributed by atoms with Gasteiger partial charge in [-0.25, -0.2) is 9.37 Å². The van der Waals surface area contributed by atoms with Crippen LogP contribution in [0.1, 0.15) is 6.92 Å². The molecule has 1 unspecified atom stereocenters. The van der Waals surface area contributed by atoms with Crippen molar-refractivity contribution in [1.29, 1.82) is 0 Å². The van der Waals surface area contributed by atoms with E-state index < -0.39 is 0 Å². The Morgan fingerprint density at radius 2 is 2.38 bits per heavy atom. The first kappa shape index (κ1) is 10.9. The van der Waals surface area contributed by atoms with Gasteiger partial charge in [-0.2, -0.15) is 0 Å². The highest BCUT2D eigenvalue weighted by Gasteiger charge is 2.04. The predicted octanol–water partition coefficient (Wildman–Crippen LogP) is 2.15. The molecule has 86 valence electrons. The lowest BCUT2D eigenvalue weighted by Crippen LogP contribution is -2.18. The Bertz CT molecular complexity index is 483. The summed E-state index contributed by atoms with van der Waals surface area (Å²) in [7, 11) is 1.65. The van der Waals surface area contributed by atoms with Gasteiger partial charge in [0.2, 0.25) is 5.95 Å². The van der Waals surface area contributed by atoms with Crippen molar-refractivity contribution in [3.8, 4) is 0 Å². The van der Waals surface area contributed by atoms with Crippen molar-refractivity contribution >= 4 is 17.0 Å². The number of methoxy groups -OCH3 is 1. The molecule has 1 aromatic carbocycles. The maximum atomic E-state index is 12.9. The van der Waals surface area contributed by atoms with Gasteiger partial charge in [0.15, 0.2) is 0 Å². The number of nitrogens with zero attached hydrogens (tertiary/aromatic N) is 1. The van der Waals surface area contributed by atoms with Gasteiger partial charge in [-0.05, 0) is 25.1 Å². The molecule has 0 amide bonds. The molecule has 5 heteroatoms. The minimum atomic E-state index is -0.270. The maximum absolute atomic E-state index is 12.9. The van der Waals surface area contributed by atoms with Crippen molar-refractivity contribution in [2.75, 3.05) is 19.0 Å². The van der Waals surface area contributed by atoms with Gasteiger partial charge in [0, 0.05) is 13.7 Å². The summed E-state index contributed by atoms with van der Waals surface area (Å²) >= 11 is 0. The fourth-order valence-electron chi connectivity index (χ4n) is 1.39. The molecule has 0 fully saturated rings. The molecule has 0 saturated carbocycles. The average Bonchev–Trinajstić information content (AvgIpc) is 2.67. The zero-order valence-electron chi connectivity index (χ0n) is 9.25. The molecular formula is C11H14FN3O. The monoisotopic (exact) mass is 223 g/mol. The number of benzene rings is 1. The van der Waals surface area contributed by atoms with Crippen LogP contribution in [-0.4, -0.2) is 29.7 Å². The number of anilines is 1. The van der Waals surface area contributed by atoms with E-state index in [4.69, 9.17) is 4.74 Å². The number of aromatic nitrogens is 2. The molecule has 1 atom stereocenters. The molecule has 0 spiro atoms. The van der Waals surface area contributed by atoms with Crippen LogP contribution in [0.2, 0.25) is 0 Å². The quantitative estimate of drug-likeness (QED) is 0.835. The van der Waals surface area contributed by atoms with Gasteiger partial charge in [-0.3, -0.25) is 0 Å². The Morgan fingerprint density at radius 1 is 1.56 bits per heavy atom. The number of aromatic amines is 1. The summed E-state index contributed by atoms with van der Waals surface area (Å²) in [4.78, 5) is 7.27. The number of hydrogen-bond donors (Lipinski definition) is 2. The van der Waals surface area contributed by atoms with E-state index in [0.717, 1.165) is 5.52 Å². The summed E-state index contributed by atoms with van der Waals surface area (Å²) in [5.41, 5.74) is 1.43. The summed E-state index contributed by atoms with van der Waals surface area (Å²) in [6.07, 6.45) is 0.102. The van der Waals surface area contributed by atoms with E-state index in [1.165, 1.54) is 12.1 Å².